The molecule has 0 bridgehead atoms. The van der Waals surface area contributed by atoms with Gasteiger partial charge in [0.15, 0.2) is 0 Å². The number of amides is 1. The molecule has 0 heterocycles. The van der Waals surface area contributed by atoms with E-state index in [1.807, 2.05) is 20.8 Å². The fourth-order valence-electron chi connectivity index (χ4n) is 1.78. The van der Waals surface area contributed by atoms with Gasteiger partial charge >= 0.3 is 5.97 Å². The van der Waals surface area contributed by atoms with E-state index in [-0.39, 0.29) is 36.5 Å². The molecule has 0 radical (unpaired) electrons. The Hall–Kier alpha value is -1.88. The monoisotopic (exact) mass is 279 g/mol. The molecular weight excluding hydrogens is 258 g/mol. The molecule has 0 saturated heterocycles. The summed E-state index contributed by atoms with van der Waals surface area (Å²) in [6.07, 6.45) is 0. The number of benzene rings is 1. The van der Waals surface area contributed by atoms with Gasteiger partial charge in [0.25, 0.3) is 0 Å². The molecule has 0 aliphatic carbocycles. The fourth-order valence-corrected chi connectivity index (χ4v) is 1.78. The van der Waals surface area contributed by atoms with Gasteiger partial charge in [-0.05, 0) is 30.2 Å². The number of nitrogens with zero attached hydrogens (tertiary/aromatic N) is 1. The van der Waals surface area contributed by atoms with Crippen molar-refractivity contribution in [3.05, 3.63) is 29.8 Å². The maximum Gasteiger partial charge on any atom is 0.335 e. The second-order valence-corrected chi connectivity index (χ2v) is 5.10. The molecule has 110 valence electrons. The first-order chi connectivity index (χ1) is 9.38. The van der Waals surface area contributed by atoms with Crippen LogP contribution in [-0.2, 0) is 4.79 Å². The number of carboxylic acids is 1. The van der Waals surface area contributed by atoms with Gasteiger partial charge in [0.1, 0.15) is 0 Å². The van der Waals surface area contributed by atoms with E-state index in [0.717, 1.165) is 0 Å². The van der Waals surface area contributed by atoms with Crippen molar-refractivity contribution < 1.29 is 19.8 Å². The zero-order valence-corrected chi connectivity index (χ0v) is 12.0. The first-order valence-electron chi connectivity index (χ1n) is 6.64. The van der Waals surface area contributed by atoms with Gasteiger partial charge < -0.3 is 15.1 Å². The fraction of sp³-hybridized carbons (Fsp3) is 0.467. The van der Waals surface area contributed by atoms with E-state index >= 15 is 0 Å². The van der Waals surface area contributed by atoms with Crippen molar-refractivity contribution in [3.63, 3.8) is 0 Å². The summed E-state index contributed by atoms with van der Waals surface area (Å²) < 4.78 is 0. The Morgan fingerprint density at radius 2 is 1.70 bits per heavy atom. The third kappa shape index (κ3) is 3.81. The third-order valence-corrected chi connectivity index (χ3v) is 3.41. The number of carboxylic acid groups (broad SMARTS) is 1. The number of aromatic carboxylic acids is 1. The highest BCUT2D eigenvalue weighted by atomic mass is 16.4. The molecule has 2 N–H and O–H groups in total. The van der Waals surface area contributed by atoms with Crippen LogP contribution in [0.5, 0.6) is 0 Å². The highest BCUT2D eigenvalue weighted by Crippen LogP contribution is 2.21. The van der Waals surface area contributed by atoms with E-state index in [0.29, 0.717) is 5.69 Å². The molecule has 1 rings (SSSR count). The molecule has 1 aromatic rings. The molecule has 1 aromatic carbocycles. The molecule has 0 aromatic heterocycles. The summed E-state index contributed by atoms with van der Waals surface area (Å²) in [6.45, 7) is 5.84. The molecule has 0 spiro atoms. The number of anilines is 1. The summed E-state index contributed by atoms with van der Waals surface area (Å²) >= 11 is 0. The number of hydrogen-bond donors (Lipinski definition) is 2. The minimum absolute atomic E-state index is 0.0721. The van der Waals surface area contributed by atoms with Crippen molar-refractivity contribution in [2.75, 3.05) is 18.1 Å². The molecular formula is C15H21NO4. The minimum atomic E-state index is -1.01. The predicted octanol–water partition coefficient (Wildman–Crippen LogP) is 2.00. The number of hydrogen-bond acceptors (Lipinski definition) is 3. The van der Waals surface area contributed by atoms with Crippen LogP contribution in [-0.4, -0.2) is 35.2 Å². The molecule has 5 heteroatoms. The van der Waals surface area contributed by atoms with Gasteiger partial charge in [0, 0.05) is 18.2 Å². The molecule has 0 aliphatic rings. The Labute approximate surface area is 118 Å². The van der Waals surface area contributed by atoms with Gasteiger partial charge in [0.2, 0.25) is 5.91 Å². The third-order valence-electron chi connectivity index (χ3n) is 3.41. The highest BCUT2D eigenvalue weighted by Gasteiger charge is 2.24. The lowest BCUT2D eigenvalue weighted by atomic mass is 9.96. The Bertz CT molecular complexity index is 467. The van der Waals surface area contributed by atoms with E-state index in [1.165, 1.54) is 17.0 Å². The van der Waals surface area contributed by atoms with E-state index in [4.69, 9.17) is 10.2 Å². The minimum Gasteiger partial charge on any atom is -0.478 e. The number of aliphatic hydroxyl groups excluding tert-OH is 1. The molecule has 0 fully saturated rings. The van der Waals surface area contributed by atoms with Gasteiger partial charge in [-0.15, -0.1) is 0 Å². The normalized spacial score (nSPS) is 12.2. The van der Waals surface area contributed by atoms with Crippen molar-refractivity contribution in [2.24, 2.45) is 11.8 Å². The van der Waals surface area contributed by atoms with Crippen molar-refractivity contribution in [1.82, 2.24) is 0 Å². The van der Waals surface area contributed by atoms with Crippen LogP contribution < -0.4 is 4.90 Å². The van der Waals surface area contributed by atoms with Crippen LogP contribution in [0.3, 0.4) is 0 Å². The first-order valence-corrected chi connectivity index (χ1v) is 6.64. The Kier molecular flexibility index (Phi) is 5.70. The molecule has 1 amide bonds. The van der Waals surface area contributed by atoms with Crippen molar-refractivity contribution in [1.29, 1.82) is 0 Å². The van der Waals surface area contributed by atoms with Crippen LogP contribution in [0.2, 0.25) is 0 Å². The standard InChI is InChI=1S/C15H21NO4/c1-10(2)11(3)14(18)16(8-9-17)13-6-4-12(5-7-13)15(19)20/h4-7,10-11,17H,8-9H2,1-3H3,(H,19,20). The molecule has 0 aliphatic heterocycles. The Morgan fingerprint density at radius 3 is 2.10 bits per heavy atom. The van der Waals surface area contributed by atoms with Crippen molar-refractivity contribution in [2.45, 2.75) is 20.8 Å². The quantitative estimate of drug-likeness (QED) is 0.835. The van der Waals surface area contributed by atoms with Crippen LogP contribution in [0.15, 0.2) is 24.3 Å². The number of rotatable bonds is 6. The molecule has 1 atom stereocenters. The van der Waals surface area contributed by atoms with Crippen molar-refractivity contribution >= 4 is 17.6 Å². The van der Waals surface area contributed by atoms with Crippen LogP contribution in [0.4, 0.5) is 5.69 Å². The zero-order chi connectivity index (χ0) is 15.3. The van der Waals surface area contributed by atoms with Crippen LogP contribution in [0, 0.1) is 11.8 Å². The summed E-state index contributed by atoms with van der Waals surface area (Å²) in [6, 6.07) is 6.08. The van der Waals surface area contributed by atoms with Crippen LogP contribution in [0.1, 0.15) is 31.1 Å². The lowest BCUT2D eigenvalue weighted by Gasteiger charge is -2.27. The first kappa shape index (κ1) is 16.2. The average molecular weight is 279 g/mol. The average Bonchev–Trinajstić information content (AvgIpc) is 2.43. The zero-order valence-electron chi connectivity index (χ0n) is 12.0. The molecule has 0 saturated carbocycles. The molecule has 1 unspecified atom stereocenters. The van der Waals surface area contributed by atoms with E-state index in [2.05, 4.69) is 0 Å². The summed E-state index contributed by atoms with van der Waals surface area (Å²) in [5.41, 5.74) is 0.767. The lowest BCUT2D eigenvalue weighted by Crippen LogP contribution is -2.39. The number of carbonyl (C=O) groups excluding carboxylic acids is 1. The highest BCUT2D eigenvalue weighted by molar-refractivity contribution is 5.95. The lowest BCUT2D eigenvalue weighted by molar-refractivity contribution is -0.123. The SMILES string of the molecule is CC(C)C(C)C(=O)N(CCO)c1ccc(C(=O)O)cc1. The number of aliphatic hydroxyl groups is 1. The van der Waals surface area contributed by atoms with Gasteiger partial charge in [-0.2, -0.15) is 0 Å². The predicted molar refractivity (Wildman–Crippen MR) is 76.8 cm³/mol. The maximum absolute atomic E-state index is 12.4. The smallest absolute Gasteiger partial charge is 0.335 e. The van der Waals surface area contributed by atoms with E-state index in [1.54, 1.807) is 12.1 Å². The van der Waals surface area contributed by atoms with E-state index < -0.39 is 5.97 Å². The van der Waals surface area contributed by atoms with Gasteiger partial charge in [-0.1, -0.05) is 20.8 Å². The van der Waals surface area contributed by atoms with Gasteiger partial charge in [0.05, 0.1) is 12.2 Å². The van der Waals surface area contributed by atoms with Gasteiger partial charge in [-0.25, -0.2) is 4.79 Å². The van der Waals surface area contributed by atoms with E-state index in [9.17, 15) is 9.59 Å². The Morgan fingerprint density at radius 1 is 1.15 bits per heavy atom. The maximum atomic E-state index is 12.4. The summed E-state index contributed by atoms with van der Waals surface area (Å²) in [5, 5.41) is 18.0. The Balaban J connectivity index is 3.01. The summed E-state index contributed by atoms with van der Waals surface area (Å²) in [4.78, 5) is 24.7. The molecule has 5 nitrogen and oxygen atoms in total. The van der Waals surface area contributed by atoms with Gasteiger partial charge in [-0.3, -0.25) is 4.79 Å². The summed E-state index contributed by atoms with van der Waals surface area (Å²) in [7, 11) is 0. The topological polar surface area (TPSA) is 77.8 Å². The largest absolute Gasteiger partial charge is 0.478 e. The second-order valence-electron chi connectivity index (χ2n) is 5.10. The second kappa shape index (κ2) is 7.05. The number of carbonyl (C=O) groups is 2. The van der Waals surface area contributed by atoms with Crippen LogP contribution in [0.25, 0.3) is 0 Å². The molecule has 20 heavy (non-hydrogen) atoms. The van der Waals surface area contributed by atoms with Crippen molar-refractivity contribution in [3.8, 4) is 0 Å². The summed E-state index contributed by atoms with van der Waals surface area (Å²) in [5.74, 6) is -1.05. The van der Waals surface area contributed by atoms with Crippen LogP contribution >= 0.6 is 0 Å².